The molecule has 0 N–H and O–H groups in total. The minimum atomic E-state index is -0.0464. The molecule has 0 saturated carbocycles. The summed E-state index contributed by atoms with van der Waals surface area (Å²) in [7, 11) is 0. The number of benzene rings is 9. The molecule has 9 aromatic rings. The molecule has 10 rings (SSSR count). The van der Waals surface area contributed by atoms with Gasteiger partial charge in [0.1, 0.15) is 0 Å². The number of hydrogen-bond acceptors (Lipinski definition) is 0. The monoisotopic (exact) mass is 648 g/mol. The summed E-state index contributed by atoms with van der Waals surface area (Å²) < 4.78 is 0. The van der Waals surface area contributed by atoms with Gasteiger partial charge in [0.25, 0.3) is 0 Å². The first-order valence-corrected chi connectivity index (χ1v) is 17.9. The predicted octanol–water partition coefficient (Wildman–Crippen LogP) is 14.1. The molecule has 0 radical (unpaired) electrons. The van der Waals surface area contributed by atoms with E-state index in [1.165, 1.54) is 99.1 Å². The molecule has 51 heavy (non-hydrogen) atoms. The zero-order valence-corrected chi connectivity index (χ0v) is 28.8. The van der Waals surface area contributed by atoms with Crippen LogP contribution in [0.2, 0.25) is 0 Å². The van der Waals surface area contributed by atoms with Gasteiger partial charge in [-0.05, 0) is 117 Å². The van der Waals surface area contributed by atoms with Crippen molar-refractivity contribution in [1.29, 1.82) is 0 Å². The van der Waals surface area contributed by atoms with E-state index in [9.17, 15) is 0 Å². The fraction of sp³-hybridized carbons (Fsp3) is 0.0588. The maximum absolute atomic E-state index is 2.44. The van der Waals surface area contributed by atoms with Gasteiger partial charge in [-0.2, -0.15) is 0 Å². The lowest BCUT2D eigenvalue weighted by Crippen LogP contribution is -2.14. The van der Waals surface area contributed by atoms with Gasteiger partial charge in [0.15, 0.2) is 0 Å². The van der Waals surface area contributed by atoms with E-state index in [1.807, 2.05) is 0 Å². The smallest absolute Gasteiger partial charge is 0.0159 e. The molecule has 0 heterocycles. The Morgan fingerprint density at radius 3 is 1.35 bits per heavy atom. The van der Waals surface area contributed by atoms with E-state index in [-0.39, 0.29) is 5.41 Å². The van der Waals surface area contributed by atoms with Crippen LogP contribution in [0.5, 0.6) is 0 Å². The predicted molar refractivity (Wildman–Crippen MR) is 218 cm³/mol. The Kier molecular flexibility index (Phi) is 6.63. The zero-order chi connectivity index (χ0) is 34.1. The van der Waals surface area contributed by atoms with Crippen molar-refractivity contribution in [2.75, 3.05) is 0 Å². The third-order valence-corrected chi connectivity index (χ3v) is 11.2. The van der Waals surface area contributed by atoms with Crippen LogP contribution < -0.4 is 0 Å². The first-order valence-electron chi connectivity index (χ1n) is 17.9. The summed E-state index contributed by atoms with van der Waals surface area (Å²) in [6, 6.07) is 67.3. The van der Waals surface area contributed by atoms with Crippen LogP contribution in [0.3, 0.4) is 0 Å². The lowest BCUT2D eigenvalue weighted by molar-refractivity contribution is 0.661. The summed E-state index contributed by atoms with van der Waals surface area (Å²) in [4.78, 5) is 0. The summed E-state index contributed by atoms with van der Waals surface area (Å²) in [6.45, 7) is 4.73. The average molecular weight is 649 g/mol. The van der Waals surface area contributed by atoms with Gasteiger partial charge >= 0.3 is 0 Å². The number of rotatable bonds is 4. The molecule has 0 bridgehead atoms. The van der Waals surface area contributed by atoms with E-state index in [2.05, 4.69) is 196 Å². The van der Waals surface area contributed by atoms with E-state index in [0.29, 0.717) is 0 Å². The van der Waals surface area contributed by atoms with Gasteiger partial charge in [0.2, 0.25) is 0 Å². The first-order chi connectivity index (χ1) is 25.1. The number of fused-ring (bicyclic) bond motifs is 7. The molecule has 0 spiro atoms. The fourth-order valence-corrected chi connectivity index (χ4v) is 8.79. The van der Waals surface area contributed by atoms with Crippen LogP contribution in [0, 0.1) is 0 Å². The molecule has 0 saturated heterocycles. The lowest BCUT2D eigenvalue weighted by Gasteiger charge is -2.21. The van der Waals surface area contributed by atoms with Crippen LogP contribution in [0.1, 0.15) is 25.0 Å². The second kappa shape index (κ2) is 11.4. The molecular weight excluding hydrogens is 613 g/mol. The molecule has 0 heteroatoms. The van der Waals surface area contributed by atoms with Gasteiger partial charge in [-0.1, -0.05) is 178 Å². The van der Waals surface area contributed by atoms with E-state index in [1.54, 1.807) is 0 Å². The van der Waals surface area contributed by atoms with Crippen LogP contribution in [0.4, 0.5) is 0 Å². The van der Waals surface area contributed by atoms with E-state index >= 15 is 0 Å². The SMILES string of the molecule is CC1(C)c2ccc(-c3cccc(-c4c5ccccc5c(-c5cccc(-c6ccccc6)c5)c5ccccc45)c3)cc2-c2c1ccc1ccccc21. The van der Waals surface area contributed by atoms with Gasteiger partial charge in [0.05, 0.1) is 0 Å². The molecule has 240 valence electrons. The summed E-state index contributed by atoms with van der Waals surface area (Å²) in [5.74, 6) is 0. The van der Waals surface area contributed by atoms with Crippen molar-refractivity contribution >= 4 is 32.3 Å². The zero-order valence-electron chi connectivity index (χ0n) is 28.8. The molecule has 0 nitrogen and oxygen atoms in total. The van der Waals surface area contributed by atoms with Crippen molar-refractivity contribution in [3.8, 4) is 55.6 Å². The first kappa shape index (κ1) is 29.7. The molecule has 1 aliphatic carbocycles. The second-order valence-electron chi connectivity index (χ2n) is 14.5. The van der Waals surface area contributed by atoms with E-state index in [0.717, 1.165) is 0 Å². The Morgan fingerprint density at radius 2 is 0.745 bits per heavy atom. The standard InChI is InChI=1S/C51H36/c1-51(2)46-28-27-37(32-45(46)50-40-21-7-6-16-34(40)26-29-47(50)51)36-18-13-20-39(31-36)49-43-24-10-8-22-41(43)48(42-23-9-11-25-44(42)49)38-19-12-17-35(30-38)33-14-4-3-5-15-33/h3-32H,1-2H3. The van der Waals surface area contributed by atoms with Gasteiger partial charge in [-0.25, -0.2) is 0 Å². The molecule has 0 fully saturated rings. The van der Waals surface area contributed by atoms with Gasteiger partial charge < -0.3 is 0 Å². The minimum Gasteiger partial charge on any atom is -0.0622 e. The minimum absolute atomic E-state index is 0.0464. The maximum Gasteiger partial charge on any atom is 0.0159 e. The normalized spacial score (nSPS) is 13.1. The Bertz CT molecular complexity index is 2760. The quantitative estimate of drug-likeness (QED) is 0.167. The van der Waals surface area contributed by atoms with Crippen molar-refractivity contribution in [3.05, 3.63) is 193 Å². The lowest BCUT2D eigenvalue weighted by atomic mass is 9.81. The summed E-state index contributed by atoms with van der Waals surface area (Å²) in [5.41, 5.74) is 15.5. The van der Waals surface area contributed by atoms with Gasteiger partial charge in [-0.3, -0.25) is 0 Å². The van der Waals surface area contributed by atoms with Gasteiger partial charge in [0, 0.05) is 5.41 Å². The Labute approximate surface area is 299 Å². The summed E-state index contributed by atoms with van der Waals surface area (Å²) >= 11 is 0. The van der Waals surface area contributed by atoms with Gasteiger partial charge in [-0.15, -0.1) is 0 Å². The number of hydrogen-bond donors (Lipinski definition) is 0. The molecule has 1 aliphatic rings. The highest BCUT2D eigenvalue weighted by Crippen LogP contribution is 2.52. The van der Waals surface area contributed by atoms with Crippen LogP contribution in [0.25, 0.3) is 88.0 Å². The maximum atomic E-state index is 2.44. The topological polar surface area (TPSA) is 0 Å². The van der Waals surface area contributed by atoms with Crippen molar-refractivity contribution in [2.24, 2.45) is 0 Å². The van der Waals surface area contributed by atoms with Crippen molar-refractivity contribution in [3.63, 3.8) is 0 Å². The van der Waals surface area contributed by atoms with Crippen molar-refractivity contribution in [2.45, 2.75) is 19.3 Å². The highest BCUT2D eigenvalue weighted by Gasteiger charge is 2.36. The Balaban J connectivity index is 1.16. The van der Waals surface area contributed by atoms with Crippen molar-refractivity contribution < 1.29 is 0 Å². The molecule has 0 amide bonds. The van der Waals surface area contributed by atoms with E-state index < -0.39 is 0 Å². The average Bonchev–Trinajstić information content (AvgIpc) is 3.43. The van der Waals surface area contributed by atoms with Crippen LogP contribution in [0.15, 0.2) is 182 Å². The molecule has 9 aromatic carbocycles. The molecule has 0 unspecified atom stereocenters. The molecule has 0 aliphatic heterocycles. The second-order valence-corrected chi connectivity index (χ2v) is 14.5. The summed E-state index contributed by atoms with van der Waals surface area (Å²) in [6.07, 6.45) is 0. The Hall–Kier alpha value is -6.24. The Morgan fingerprint density at radius 1 is 0.294 bits per heavy atom. The van der Waals surface area contributed by atoms with Crippen LogP contribution in [-0.4, -0.2) is 0 Å². The molecule has 0 atom stereocenters. The highest BCUT2D eigenvalue weighted by atomic mass is 14.4. The third-order valence-electron chi connectivity index (χ3n) is 11.2. The largest absolute Gasteiger partial charge is 0.0622 e. The van der Waals surface area contributed by atoms with Crippen LogP contribution in [-0.2, 0) is 5.41 Å². The van der Waals surface area contributed by atoms with Crippen molar-refractivity contribution in [1.82, 2.24) is 0 Å². The van der Waals surface area contributed by atoms with E-state index in [4.69, 9.17) is 0 Å². The molecule has 0 aromatic heterocycles. The summed E-state index contributed by atoms with van der Waals surface area (Å²) in [5, 5.41) is 7.70. The molecular formula is C51H36. The third kappa shape index (κ3) is 4.60. The fourth-order valence-electron chi connectivity index (χ4n) is 8.79. The van der Waals surface area contributed by atoms with Crippen LogP contribution >= 0.6 is 0 Å². The highest BCUT2D eigenvalue weighted by molar-refractivity contribution is 6.21.